The summed E-state index contributed by atoms with van der Waals surface area (Å²) in [5, 5.41) is 0. The number of nitrogens with zero attached hydrogens (tertiary/aromatic N) is 2. The zero-order valence-corrected chi connectivity index (χ0v) is 13.0. The Bertz CT molecular complexity index is 594. The molecule has 2 N–H and O–H groups in total. The predicted octanol–water partition coefficient (Wildman–Crippen LogP) is 4.00. The highest BCUT2D eigenvalue weighted by atomic mass is 79.9. The number of rotatable bonds is 3. The molecule has 1 aromatic carbocycles. The second-order valence-electron chi connectivity index (χ2n) is 5.17. The summed E-state index contributed by atoms with van der Waals surface area (Å²) in [4.78, 5) is 8.94. The van der Waals surface area contributed by atoms with Gasteiger partial charge in [0.2, 0.25) is 0 Å². The van der Waals surface area contributed by atoms with Crippen molar-refractivity contribution >= 4 is 21.7 Å². The molecule has 0 aliphatic carbocycles. The van der Waals surface area contributed by atoms with Crippen LogP contribution in [0.15, 0.2) is 28.7 Å². The third kappa shape index (κ3) is 3.53. The van der Waals surface area contributed by atoms with Crippen molar-refractivity contribution in [1.82, 2.24) is 9.97 Å². The Hall–Kier alpha value is -1.42. The molecule has 0 unspecified atom stereocenters. The van der Waals surface area contributed by atoms with E-state index >= 15 is 0 Å². The number of halogens is 1. The summed E-state index contributed by atoms with van der Waals surface area (Å²) in [6.07, 6.45) is 0.912. The summed E-state index contributed by atoms with van der Waals surface area (Å²) in [7, 11) is 0. The van der Waals surface area contributed by atoms with Crippen LogP contribution in [-0.2, 0) is 6.42 Å². The van der Waals surface area contributed by atoms with Gasteiger partial charge in [-0.2, -0.15) is 0 Å². The summed E-state index contributed by atoms with van der Waals surface area (Å²) in [5.41, 5.74) is 9.04. The van der Waals surface area contributed by atoms with Crippen molar-refractivity contribution in [3.05, 3.63) is 40.0 Å². The number of hydrogen-bond acceptors (Lipinski definition) is 3. The van der Waals surface area contributed by atoms with Crippen molar-refractivity contribution < 1.29 is 0 Å². The fourth-order valence-electron chi connectivity index (χ4n) is 1.95. The van der Waals surface area contributed by atoms with Crippen LogP contribution in [-0.4, -0.2) is 9.97 Å². The maximum absolute atomic E-state index is 5.88. The first-order valence-corrected chi connectivity index (χ1v) is 7.15. The van der Waals surface area contributed by atoms with Gasteiger partial charge in [-0.15, -0.1) is 0 Å². The Balaban J connectivity index is 2.43. The molecule has 0 spiro atoms. The highest BCUT2D eigenvalue weighted by Gasteiger charge is 2.08. The molecule has 2 rings (SSSR count). The molecule has 0 saturated heterocycles. The van der Waals surface area contributed by atoms with Gasteiger partial charge in [0.1, 0.15) is 5.82 Å². The normalized spacial score (nSPS) is 11.0. The van der Waals surface area contributed by atoms with Crippen molar-refractivity contribution in [2.75, 3.05) is 5.73 Å². The Morgan fingerprint density at radius 2 is 1.95 bits per heavy atom. The van der Waals surface area contributed by atoms with Gasteiger partial charge in [0.25, 0.3) is 0 Å². The minimum absolute atomic E-state index is 0.529. The van der Waals surface area contributed by atoms with Crippen LogP contribution < -0.4 is 5.73 Å². The summed E-state index contributed by atoms with van der Waals surface area (Å²) < 4.78 is 1.09. The van der Waals surface area contributed by atoms with Crippen LogP contribution in [0.5, 0.6) is 0 Å². The molecule has 0 aliphatic rings. The van der Waals surface area contributed by atoms with Crippen LogP contribution in [0.2, 0.25) is 0 Å². The highest BCUT2D eigenvalue weighted by Crippen LogP contribution is 2.24. The van der Waals surface area contributed by atoms with Crippen molar-refractivity contribution in [3.8, 4) is 11.4 Å². The number of hydrogen-bond donors (Lipinski definition) is 1. The van der Waals surface area contributed by atoms with E-state index in [1.54, 1.807) is 0 Å². The van der Waals surface area contributed by atoms with Gasteiger partial charge in [-0.3, -0.25) is 0 Å². The molecule has 2 aromatic rings. The Kier molecular flexibility index (Phi) is 4.20. The van der Waals surface area contributed by atoms with Crippen LogP contribution in [0.25, 0.3) is 11.4 Å². The molecular formula is C15H18BrN3. The number of aromatic nitrogens is 2. The van der Waals surface area contributed by atoms with E-state index in [4.69, 9.17) is 5.73 Å². The largest absolute Gasteiger partial charge is 0.384 e. The van der Waals surface area contributed by atoms with Crippen LogP contribution in [0.3, 0.4) is 0 Å². The van der Waals surface area contributed by atoms with E-state index in [2.05, 4.69) is 52.7 Å². The third-order valence-corrected chi connectivity index (χ3v) is 3.72. The quantitative estimate of drug-likeness (QED) is 0.930. The van der Waals surface area contributed by atoms with Gasteiger partial charge in [0, 0.05) is 21.8 Å². The molecule has 0 amide bonds. The Morgan fingerprint density at radius 3 is 2.58 bits per heavy atom. The first-order chi connectivity index (χ1) is 8.95. The van der Waals surface area contributed by atoms with E-state index in [9.17, 15) is 0 Å². The second-order valence-corrected chi connectivity index (χ2v) is 6.02. The second kappa shape index (κ2) is 5.70. The van der Waals surface area contributed by atoms with Gasteiger partial charge in [-0.05, 0) is 37.0 Å². The SMILES string of the molecule is Cc1cc(-c2nc(N)cc(CC(C)C)n2)ccc1Br. The monoisotopic (exact) mass is 319 g/mol. The Morgan fingerprint density at radius 1 is 1.21 bits per heavy atom. The van der Waals surface area contributed by atoms with E-state index < -0.39 is 0 Å². The topological polar surface area (TPSA) is 51.8 Å². The lowest BCUT2D eigenvalue weighted by Crippen LogP contribution is -2.03. The number of anilines is 1. The minimum Gasteiger partial charge on any atom is -0.384 e. The summed E-state index contributed by atoms with van der Waals surface area (Å²) in [6, 6.07) is 7.94. The number of aryl methyl sites for hydroxylation is 1. The first-order valence-electron chi connectivity index (χ1n) is 6.35. The Labute approximate surface area is 122 Å². The van der Waals surface area contributed by atoms with Gasteiger partial charge in [-0.25, -0.2) is 9.97 Å². The lowest BCUT2D eigenvalue weighted by molar-refractivity contribution is 0.635. The van der Waals surface area contributed by atoms with Crippen LogP contribution in [0.4, 0.5) is 5.82 Å². The van der Waals surface area contributed by atoms with Gasteiger partial charge < -0.3 is 5.73 Å². The van der Waals surface area contributed by atoms with Crippen LogP contribution in [0.1, 0.15) is 25.1 Å². The molecule has 4 heteroatoms. The molecule has 1 heterocycles. The molecule has 0 fully saturated rings. The van der Waals surface area contributed by atoms with Gasteiger partial charge in [0.05, 0.1) is 0 Å². The zero-order chi connectivity index (χ0) is 14.0. The standard InChI is InChI=1S/C15H18BrN3/c1-9(2)6-12-8-14(17)19-15(18-12)11-4-5-13(16)10(3)7-11/h4-5,7-9H,6H2,1-3H3,(H2,17,18,19). The van der Waals surface area contributed by atoms with Gasteiger partial charge in [0.15, 0.2) is 5.82 Å². The van der Waals surface area contributed by atoms with Crippen molar-refractivity contribution in [1.29, 1.82) is 0 Å². The zero-order valence-electron chi connectivity index (χ0n) is 11.4. The fourth-order valence-corrected chi connectivity index (χ4v) is 2.20. The number of benzene rings is 1. The van der Waals surface area contributed by atoms with Crippen molar-refractivity contribution in [3.63, 3.8) is 0 Å². The highest BCUT2D eigenvalue weighted by molar-refractivity contribution is 9.10. The molecule has 3 nitrogen and oxygen atoms in total. The maximum atomic E-state index is 5.88. The van der Waals surface area contributed by atoms with E-state index in [1.807, 2.05) is 18.2 Å². The summed E-state index contributed by atoms with van der Waals surface area (Å²) in [5.74, 6) is 1.78. The first kappa shape index (κ1) is 14.0. The summed E-state index contributed by atoms with van der Waals surface area (Å²) in [6.45, 7) is 6.39. The number of nitrogen functional groups attached to an aromatic ring is 1. The summed E-state index contributed by atoms with van der Waals surface area (Å²) >= 11 is 3.50. The van der Waals surface area contributed by atoms with Crippen LogP contribution >= 0.6 is 15.9 Å². The molecule has 0 radical (unpaired) electrons. The average Bonchev–Trinajstić information content (AvgIpc) is 2.31. The molecule has 0 saturated carbocycles. The molecule has 0 atom stereocenters. The minimum atomic E-state index is 0.529. The van der Waals surface area contributed by atoms with Gasteiger partial charge >= 0.3 is 0 Å². The fraction of sp³-hybridized carbons (Fsp3) is 0.333. The molecule has 1 aromatic heterocycles. The molecular weight excluding hydrogens is 302 g/mol. The van der Waals surface area contributed by atoms with Crippen molar-refractivity contribution in [2.45, 2.75) is 27.2 Å². The maximum Gasteiger partial charge on any atom is 0.161 e. The predicted molar refractivity (Wildman–Crippen MR) is 82.9 cm³/mol. The van der Waals surface area contributed by atoms with Gasteiger partial charge in [-0.1, -0.05) is 35.8 Å². The lowest BCUT2D eigenvalue weighted by Gasteiger charge is -2.09. The van der Waals surface area contributed by atoms with Crippen molar-refractivity contribution in [2.24, 2.45) is 5.92 Å². The smallest absolute Gasteiger partial charge is 0.161 e. The third-order valence-electron chi connectivity index (χ3n) is 2.83. The lowest BCUT2D eigenvalue weighted by atomic mass is 10.1. The average molecular weight is 320 g/mol. The molecule has 0 bridgehead atoms. The number of nitrogens with two attached hydrogens (primary N) is 1. The molecule has 100 valence electrons. The van der Waals surface area contributed by atoms with E-state index in [-0.39, 0.29) is 0 Å². The van der Waals surface area contributed by atoms with E-state index in [0.29, 0.717) is 17.6 Å². The molecule has 0 aliphatic heterocycles. The van der Waals surface area contributed by atoms with E-state index in [1.165, 1.54) is 0 Å². The molecule has 19 heavy (non-hydrogen) atoms. The van der Waals surface area contributed by atoms with Crippen LogP contribution in [0, 0.1) is 12.8 Å². The van der Waals surface area contributed by atoms with E-state index in [0.717, 1.165) is 27.7 Å².